The van der Waals surface area contributed by atoms with Gasteiger partial charge in [-0.05, 0) is 60.4 Å². The van der Waals surface area contributed by atoms with E-state index < -0.39 is 0 Å². The fourth-order valence-electron chi connectivity index (χ4n) is 5.02. The molecule has 2 saturated heterocycles. The molecule has 5 heteroatoms. The van der Waals surface area contributed by atoms with Crippen molar-refractivity contribution < 1.29 is 13.9 Å². The second-order valence-corrected chi connectivity index (χ2v) is 8.81. The number of amides is 1. The van der Waals surface area contributed by atoms with Crippen molar-refractivity contribution in [2.45, 2.75) is 51.2 Å². The molecule has 154 valence electrons. The molecule has 2 aliphatic rings. The SMILES string of the molecule is CC(C)[C@@H]1C[C@@]2(CCCN2C(=O)Cc2cccnc2)CO[C@H]1c1ccc(F)cc1. The quantitative estimate of drug-likeness (QED) is 0.761. The van der Waals surface area contributed by atoms with Gasteiger partial charge in [-0.1, -0.05) is 32.0 Å². The van der Waals surface area contributed by atoms with Gasteiger partial charge in [-0.25, -0.2) is 4.39 Å². The first-order chi connectivity index (χ1) is 14.0. The van der Waals surface area contributed by atoms with E-state index in [1.165, 1.54) is 12.1 Å². The van der Waals surface area contributed by atoms with Gasteiger partial charge < -0.3 is 9.64 Å². The number of hydrogen-bond acceptors (Lipinski definition) is 3. The summed E-state index contributed by atoms with van der Waals surface area (Å²) in [5.74, 6) is 0.603. The maximum Gasteiger partial charge on any atom is 0.227 e. The minimum atomic E-state index is -0.231. The molecule has 2 aliphatic heterocycles. The number of ether oxygens (including phenoxy) is 1. The van der Waals surface area contributed by atoms with Crippen LogP contribution in [0.5, 0.6) is 0 Å². The number of halogens is 1. The lowest BCUT2D eigenvalue weighted by Gasteiger charge is -2.48. The summed E-state index contributed by atoms with van der Waals surface area (Å²) in [5, 5.41) is 0. The zero-order valence-corrected chi connectivity index (χ0v) is 17.2. The van der Waals surface area contributed by atoms with Crippen molar-refractivity contribution in [2.75, 3.05) is 13.2 Å². The van der Waals surface area contributed by atoms with Crippen molar-refractivity contribution in [3.63, 3.8) is 0 Å². The molecule has 0 unspecified atom stereocenters. The minimum Gasteiger partial charge on any atom is -0.371 e. The van der Waals surface area contributed by atoms with Crippen LogP contribution in [0, 0.1) is 17.7 Å². The molecule has 0 radical (unpaired) electrons. The second-order valence-electron chi connectivity index (χ2n) is 8.81. The summed E-state index contributed by atoms with van der Waals surface area (Å²) in [6.07, 6.45) is 6.72. The Morgan fingerprint density at radius 3 is 2.79 bits per heavy atom. The predicted molar refractivity (Wildman–Crippen MR) is 110 cm³/mol. The van der Waals surface area contributed by atoms with E-state index in [1.54, 1.807) is 12.4 Å². The lowest BCUT2D eigenvalue weighted by atomic mass is 9.73. The third kappa shape index (κ3) is 4.06. The molecule has 1 aromatic heterocycles. The number of pyridine rings is 1. The van der Waals surface area contributed by atoms with Gasteiger partial charge in [-0.15, -0.1) is 0 Å². The molecule has 1 aromatic carbocycles. The molecule has 3 atom stereocenters. The van der Waals surface area contributed by atoms with Crippen LogP contribution in [-0.4, -0.2) is 34.5 Å². The van der Waals surface area contributed by atoms with Crippen LogP contribution in [0.25, 0.3) is 0 Å². The summed E-state index contributed by atoms with van der Waals surface area (Å²) < 4.78 is 19.8. The largest absolute Gasteiger partial charge is 0.371 e. The van der Waals surface area contributed by atoms with Gasteiger partial charge in [0.2, 0.25) is 5.91 Å². The average Bonchev–Trinajstić information content (AvgIpc) is 3.12. The Morgan fingerprint density at radius 1 is 1.31 bits per heavy atom. The van der Waals surface area contributed by atoms with Crippen molar-refractivity contribution in [2.24, 2.45) is 11.8 Å². The zero-order valence-electron chi connectivity index (χ0n) is 17.2. The van der Waals surface area contributed by atoms with Crippen LogP contribution in [0.15, 0.2) is 48.8 Å². The minimum absolute atomic E-state index is 0.0582. The number of aromatic nitrogens is 1. The molecule has 1 amide bonds. The van der Waals surface area contributed by atoms with E-state index in [4.69, 9.17) is 4.74 Å². The van der Waals surface area contributed by atoms with Gasteiger partial charge in [0.15, 0.2) is 0 Å². The van der Waals surface area contributed by atoms with Gasteiger partial charge in [-0.2, -0.15) is 0 Å². The van der Waals surface area contributed by atoms with E-state index >= 15 is 0 Å². The molecule has 2 aromatic rings. The number of carbonyl (C=O) groups excluding carboxylic acids is 1. The van der Waals surface area contributed by atoms with Crippen molar-refractivity contribution in [3.05, 3.63) is 65.7 Å². The van der Waals surface area contributed by atoms with E-state index in [0.29, 0.717) is 18.9 Å². The van der Waals surface area contributed by atoms with E-state index in [1.807, 2.05) is 24.3 Å². The molecule has 0 saturated carbocycles. The molecular formula is C24H29FN2O2. The van der Waals surface area contributed by atoms with Gasteiger partial charge in [-0.3, -0.25) is 9.78 Å². The summed E-state index contributed by atoms with van der Waals surface area (Å²) in [6, 6.07) is 10.5. The molecule has 4 rings (SSSR count). The van der Waals surface area contributed by atoms with Gasteiger partial charge >= 0.3 is 0 Å². The van der Waals surface area contributed by atoms with E-state index in [9.17, 15) is 9.18 Å². The summed E-state index contributed by atoms with van der Waals surface area (Å²) in [6.45, 7) is 5.74. The zero-order chi connectivity index (χ0) is 20.4. The van der Waals surface area contributed by atoms with Crippen LogP contribution >= 0.6 is 0 Å². The molecule has 0 aliphatic carbocycles. The summed E-state index contributed by atoms with van der Waals surface area (Å²) in [5.41, 5.74) is 1.73. The predicted octanol–water partition coefficient (Wildman–Crippen LogP) is 4.56. The van der Waals surface area contributed by atoms with Crippen molar-refractivity contribution in [1.29, 1.82) is 0 Å². The summed E-state index contributed by atoms with van der Waals surface area (Å²) >= 11 is 0. The van der Waals surface area contributed by atoms with Crippen LogP contribution in [-0.2, 0) is 16.0 Å². The van der Waals surface area contributed by atoms with Crippen LogP contribution in [0.4, 0.5) is 4.39 Å². The molecule has 0 N–H and O–H groups in total. The Hall–Kier alpha value is -2.27. The molecule has 2 fully saturated rings. The summed E-state index contributed by atoms with van der Waals surface area (Å²) in [4.78, 5) is 19.4. The smallest absolute Gasteiger partial charge is 0.227 e. The van der Waals surface area contributed by atoms with Crippen molar-refractivity contribution in [1.82, 2.24) is 9.88 Å². The van der Waals surface area contributed by atoms with E-state index in [2.05, 4.69) is 23.7 Å². The lowest BCUT2D eigenvalue weighted by Crippen LogP contribution is -2.56. The fourth-order valence-corrected chi connectivity index (χ4v) is 5.02. The second kappa shape index (κ2) is 8.23. The van der Waals surface area contributed by atoms with Gasteiger partial charge in [0, 0.05) is 18.9 Å². The highest BCUT2D eigenvalue weighted by Crippen LogP contribution is 2.47. The van der Waals surface area contributed by atoms with Crippen LogP contribution < -0.4 is 0 Å². The van der Waals surface area contributed by atoms with E-state index in [-0.39, 0.29) is 29.3 Å². The number of benzene rings is 1. The van der Waals surface area contributed by atoms with Crippen molar-refractivity contribution >= 4 is 5.91 Å². The van der Waals surface area contributed by atoms with Crippen LogP contribution in [0.3, 0.4) is 0 Å². The Morgan fingerprint density at radius 2 is 2.10 bits per heavy atom. The van der Waals surface area contributed by atoms with Gasteiger partial charge in [0.1, 0.15) is 5.82 Å². The molecule has 0 bridgehead atoms. The highest BCUT2D eigenvalue weighted by molar-refractivity contribution is 5.80. The normalized spacial score (nSPS) is 27.0. The average molecular weight is 397 g/mol. The molecule has 1 spiro atoms. The van der Waals surface area contributed by atoms with Crippen LogP contribution in [0.2, 0.25) is 0 Å². The highest BCUT2D eigenvalue weighted by atomic mass is 19.1. The molecule has 4 nitrogen and oxygen atoms in total. The lowest BCUT2D eigenvalue weighted by molar-refractivity contribution is -0.152. The molecule has 3 heterocycles. The Kier molecular flexibility index (Phi) is 5.68. The number of nitrogens with zero attached hydrogens (tertiary/aromatic N) is 2. The number of carbonyl (C=O) groups is 1. The first-order valence-electron chi connectivity index (χ1n) is 10.5. The number of rotatable bonds is 4. The molecule has 29 heavy (non-hydrogen) atoms. The summed E-state index contributed by atoms with van der Waals surface area (Å²) in [7, 11) is 0. The van der Waals surface area contributed by atoms with Crippen molar-refractivity contribution in [3.8, 4) is 0 Å². The third-order valence-corrected chi connectivity index (χ3v) is 6.57. The Bertz CT molecular complexity index is 840. The Labute approximate surface area is 172 Å². The first-order valence-corrected chi connectivity index (χ1v) is 10.5. The number of likely N-dealkylation sites (tertiary alicyclic amines) is 1. The highest BCUT2D eigenvalue weighted by Gasteiger charge is 2.50. The monoisotopic (exact) mass is 396 g/mol. The first kappa shape index (κ1) is 20.0. The van der Waals surface area contributed by atoms with Gasteiger partial charge in [0.25, 0.3) is 0 Å². The maximum absolute atomic E-state index is 13.4. The Balaban J connectivity index is 1.54. The topological polar surface area (TPSA) is 42.4 Å². The van der Waals surface area contributed by atoms with Crippen LogP contribution in [0.1, 0.15) is 50.3 Å². The molecular weight excluding hydrogens is 367 g/mol. The maximum atomic E-state index is 13.4. The standard InChI is InChI=1S/C24H29FN2O2/c1-17(2)21-14-24(16-29-23(21)19-6-8-20(25)9-7-19)10-4-12-27(24)22(28)13-18-5-3-11-26-15-18/h3,5-9,11,15,17,21,23H,4,10,12-14,16H2,1-2H3/t21-,23-,24-/m0/s1. The van der Waals surface area contributed by atoms with Gasteiger partial charge in [0.05, 0.1) is 24.7 Å². The van der Waals surface area contributed by atoms with E-state index in [0.717, 1.165) is 36.9 Å². The number of hydrogen-bond donors (Lipinski definition) is 0. The fraction of sp³-hybridized carbons (Fsp3) is 0.500. The third-order valence-electron chi connectivity index (χ3n) is 6.57.